The highest BCUT2D eigenvalue weighted by atomic mass is 35.5. The normalized spacial score (nSPS) is 11.9. The van der Waals surface area contributed by atoms with E-state index in [1.54, 1.807) is 30.7 Å². The molecule has 0 aliphatic rings. The molecule has 0 saturated heterocycles. The first-order chi connectivity index (χ1) is 15.0. The molecule has 1 unspecified atom stereocenters. The maximum atomic E-state index is 6.52. The Bertz CT molecular complexity index is 999. The third-order valence-electron chi connectivity index (χ3n) is 4.80. The Hall–Kier alpha value is -2.08. The van der Waals surface area contributed by atoms with E-state index in [9.17, 15) is 0 Å². The van der Waals surface area contributed by atoms with Crippen LogP contribution in [0.25, 0.3) is 0 Å². The van der Waals surface area contributed by atoms with E-state index >= 15 is 0 Å². The van der Waals surface area contributed by atoms with E-state index in [1.807, 2.05) is 12.1 Å². The van der Waals surface area contributed by atoms with Crippen LogP contribution in [0.4, 0.5) is 5.82 Å². The molecule has 2 aromatic heterocycles. The Morgan fingerprint density at radius 1 is 1.06 bits per heavy atom. The number of halogens is 3. The van der Waals surface area contributed by atoms with E-state index in [0.717, 1.165) is 36.9 Å². The summed E-state index contributed by atoms with van der Waals surface area (Å²) in [6.07, 6.45) is 7.27. The van der Waals surface area contributed by atoms with Gasteiger partial charge in [-0.15, -0.1) is 0 Å². The van der Waals surface area contributed by atoms with Crippen molar-refractivity contribution < 1.29 is 4.74 Å². The largest absolute Gasteiger partial charge is 0.437 e. The van der Waals surface area contributed by atoms with Crippen LogP contribution in [0.5, 0.6) is 11.6 Å². The Balaban J connectivity index is 1.54. The zero-order valence-electron chi connectivity index (χ0n) is 17.5. The lowest BCUT2D eigenvalue weighted by atomic mass is 10.0. The van der Waals surface area contributed by atoms with Gasteiger partial charge < -0.3 is 10.1 Å². The molecule has 1 atom stereocenters. The second-order valence-corrected chi connectivity index (χ2v) is 8.66. The van der Waals surface area contributed by atoms with Gasteiger partial charge in [0.1, 0.15) is 22.9 Å². The van der Waals surface area contributed by atoms with Crippen molar-refractivity contribution in [1.29, 1.82) is 0 Å². The molecule has 2 heterocycles. The quantitative estimate of drug-likeness (QED) is 0.331. The fraction of sp³-hybridized carbons (Fsp3) is 0.348. The Labute approximate surface area is 198 Å². The lowest BCUT2D eigenvalue weighted by Gasteiger charge is -2.13. The predicted molar refractivity (Wildman–Crippen MR) is 128 cm³/mol. The van der Waals surface area contributed by atoms with Gasteiger partial charge >= 0.3 is 0 Å². The van der Waals surface area contributed by atoms with Crippen LogP contribution in [0.1, 0.15) is 37.9 Å². The highest BCUT2D eigenvalue weighted by molar-refractivity contribution is 6.35. The van der Waals surface area contributed by atoms with E-state index in [-0.39, 0.29) is 0 Å². The second-order valence-electron chi connectivity index (χ2n) is 7.44. The molecule has 0 saturated carbocycles. The molecule has 8 heteroatoms. The minimum Gasteiger partial charge on any atom is -0.437 e. The van der Waals surface area contributed by atoms with E-state index < -0.39 is 0 Å². The first kappa shape index (κ1) is 23.6. The molecule has 3 rings (SSSR count). The summed E-state index contributed by atoms with van der Waals surface area (Å²) >= 11 is 18.6. The Morgan fingerprint density at radius 3 is 2.61 bits per heavy atom. The summed E-state index contributed by atoms with van der Waals surface area (Å²) in [6.45, 7) is 5.08. The number of hydrogen-bond acceptors (Lipinski definition) is 5. The van der Waals surface area contributed by atoms with E-state index in [0.29, 0.717) is 45.0 Å². The minimum atomic E-state index is 0.438. The minimum absolute atomic E-state index is 0.438. The fourth-order valence-electron chi connectivity index (χ4n) is 3.21. The van der Waals surface area contributed by atoms with Gasteiger partial charge in [0.2, 0.25) is 5.88 Å². The van der Waals surface area contributed by atoms with Crippen LogP contribution < -0.4 is 10.1 Å². The number of aromatic nitrogens is 3. The van der Waals surface area contributed by atoms with Gasteiger partial charge in [-0.25, -0.2) is 15.0 Å². The molecule has 5 nitrogen and oxygen atoms in total. The summed E-state index contributed by atoms with van der Waals surface area (Å²) in [5.41, 5.74) is 1.95. The SMILES string of the molecule is CCCC(C)Cc1ncnc(NCCc2ccc(Oc3ccc(Cl)cc3Cl)nc2)c1Cl. The number of nitrogens with zero attached hydrogens (tertiary/aromatic N) is 3. The van der Waals surface area contributed by atoms with E-state index in [4.69, 9.17) is 39.5 Å². The molecular formula is C23H25Cl3N4O. The van der Waals surface area contributed by atoms with Crippen LogP contribution in [-0.4, -0.2) is 21.5 Å². The zero-order valence-corrected chi connectivity index (χ0v) is 19.8. The van der Waals surface area contributed by atoms with Crippen molar-refractivity contribution in [3.8, 4) is 11.6 Å². The fourth-order valence-corrected chi connectivity index (χ4v) is 3.90. The summed E-state index contributed by atoms with van der Waals surface area (Å²) in [4.78, 5) is 13.0. The van der Waals surface area contributed by atoms with Crippen LogP contribution >= 0.6 is 34.8 Å². The number of rotatable bonds is 10. The number of pyridine rings is 1. The average molecular weight is 480 g/mol. The second kappa shape index (κ2) is 11.5. The Morgan fingerprint density at radius 2 is 1.90 bits per heavy atom. The molecule has 164 valence electrons. The average Bonchev–Trinajstić information content (AvgIpc) is 2.74. The molecule has 0 amide bonds. The molecule has 0 aliphatic carbocycles. The van der Waals surface area contributed by atoms with Crippen molar-refractivity contribution in [1.82, 2.24) is 15.0 Å². The van der Waals surface area contributed by atoms with Crippen LogP contribution in [-0.2, 0) is 12.8 Å². The summed E-state index contributed by atoms with van der Waals surface area (Å²) in [7, 11) is 0. The number of benzene rings is 1. The van der Waals surface area contributed by atoms with Crippen LogP contribution in [0.3, 0.4) is 0 Å². The standard InChI is InChI=1S/C23H25Cl3N4O/c1-3-4-15(2)11-19-22(26)23(30-14-29-19)27-10-9-16-5-8-21(28-13-16)31-20-7-6-17(24)12-18(20)25/h5-8,12-15H,3-4,9-11H2,1-2H3,(H,27,29,30). The van der Waals surface area contributed by atoms with E-state index in [1.165, 1.54) is 0 Å². The highest BCUT2D eigenvalue weighted by Gasteiger charge is 2.12. The highest BCUT2D eigenvalue weighted by Crippen LogP contribution is 2.31. The molecule has 1 N–H and O–H groups in total. The summed E-state index contributed by atoms with van der Waals surface area (Å²) in [6, 6.07) is 8.84. The number of anilines is 1. The number of ether oxygens (including phenoxy) is 1. The van der Waals surface area contributed by atoms with Crippen LogP contribution in [0, 0.1) is 5.92 Å². The van der Waals surface area contributed by atoms with Crippen LogP contribution in [0.15, 0.2) is 42.9 Å². The topological polar surface area (TPSA) is 59.9 Å². The van der Waals surface area contributed by atoms with Gasteiger partial charge in [-0.3, -0.25) is 0 Å². The smallest absolute Gasteiger partial charge is 0.219 e. The third kappa shape index (κ3) is 6.96. The van der Waals surface area contributed by atoms with Crippen molar-refractivity contribution >= 4 is 40.6 Å². The van der Waals surface area contributed by atoms with Gasteiger partial charge in [0.05, 0.1) is 10.7 Å². The van der Waals surface area contributed by atoms with Crippen LogP contribution in [0.2, 0.25) is 15.1 Å². The molecule has 31 heavy (non-hydrogen) atoms. The Kier molecular flexibility index (Phi) is 8.76. The summed E-state index contributed by atoms with van der Waals surface area (Å²) in [5, 5.41) is 4.90. The number of nitrogens with one attached hydrogen (secondary N) is 1. The molecule has 0 spiro atoms. The monoisotopic (exact) mass is 478 g/mol. The van der Waals surface area contributed by atoms with Gasteiger partial charge in [-0.1, -0.05) is 67.6 Å². The summed E-state index contributed by atoms with van der Waals surface area (Å²) < 4.78 is 5.72. The lowest BCUT2D eigenvalue weighted by molar-refractivity contribution is 0.463. The summed E-state index contributed by atoms with van der Waals surface area (Å²) in [5.74, 6) is 2.18. The maximum Gasteiger partial charge on any atom is 0.219 e. The van der Waals surface area contributed by atoms with E-state index in [2.05, 4.69) is 34.1 Å². The van der Waals surface area contributed by atoms with Gasteiger partial charge in [0.15, 0.2) is 0 Å². The molecule has 0 aliphatic heterocycles. The third-order valence-corrected chi connectivity index (χ3v) is 5.72. The number of hydrogen-bond donors (Lipinski definition) is 1. The molecule has 0 fully saturated rings. The molecule has 0 bridgehead atoms. The van der Waals surface area contributed by atoms with Crippen molar-refractivity contribution in [3.05, 3.63) is 69.2 Å². The van der Waals surface area contributed by atoms with Gasteiger partial charge in [-0.2, -0.15) is 0 Å². The first-order valence-corrected chi connectivity index (χ1v) is 11.4. The molecule has 1 aromatic carbocycles. The van der Waals surface area contributed by atoms with Crippen molar-refractivity contribution in [2.45, 2.75) is 39.5 Å². The van der Waals surface area contributed by atoms with Crippen molar-refractivity contribution in [2.24, 2.45) is 5.92 Å². The molecule has 3 aromatic rings. The first-order valence-electron chi connectivity index (χ1n) is 10.3. The molecule has 0 radical (unpaired) electrons. The lowest BCUT2D eigenvalue weighted by Crippen LogP contribution is -2.10. The molecular weight excluding hydrogens is 455 g/mol. The predicted octanol–water partition coefficient (Wildman–Crippen LogP) is 7.26. The van der Waals surface area contributed by atoms with Gasteiger partial charge in [-0.05, 0) is 42.5 Å². The van der Waals surface area contributed by atoms with Gasteiger partial charge in [0.25, 0.3) is 0 Å². The zero-order chi connectivity index (χ0) is 22.2. The van der Waals surface area contributed by atoms with Gasteiger partial charge in [0, 0.05) is 23.8 Å². The maximum absolute atomic E-state index is 6.52. The van der Waals surface area contributed by atoms with Crippen molar-refractivity contribution in [2.75, 3.05) is 11.9 Å². The van der Waals surface area contributed by atoms with Crippen molar-refractivity contribution in [3.63, 3.8) is 0 Å².